The average molecular weight is 288 g/mol. The zero-order valence-corrected chi connectivity index (χ0v) is 12.8. The molecule has 2 aliphatic rings. The molecule has 4 heteroatoms. The van der Waals surface area contributed by atoms with Crippen LogP contribution in [0.5, 0.6) is 0 Å². The van der Waals surface area contributed by atoms with E-state index in [9.17, 15) is 9.90 Å². The number of anilines is 1. The van der Waals surface area contributed by atoms with Gasteiger partial charge in [-0.1, -0.05) is 18.2 Å². The maximum absolute atomic E-state index is 12.7. The van der Waals surface area contributed by atoms with Gasteiger partial charge < -0.3 is 10.0 Å². The molecule has 2 heterocycles. The van der Waals surface area contributed by atoms with Crippen LogP contribution in [-0.4, -0.2) is 47.2 Å². The Morgan fingerprint density at radius 2 is 1.90 bits per heavy atom. The summed E-state index contributed by atoms with van der Waals surface area (Å²) in [5.41, 5.74) is 2.33. The third-order valence-corrected chi connectivity index (χ3v) is 4.86. The van der Waals surface area contributed by atoms with E-state index in [1.54, 1.807) is 0 Å². The Morgan fingerprint density at radius 1 is 1.24 bits per heavy atom. The third-order valence-electron chi connectivity index (χ3n) is 4.86. The Hall–Kier alpha value is -1.39. The van der Waals surface area contributed by atoms with Crippen molar-refractivity contribution < 1.29 is 9.90 Å². The minimum atomic E-state index is -0.228. The molecule has 0 bridgehead atoms. The largest absolute Gasteiger partial charge is 0.393 e. The van der Waals surface area contributed by atoms with Crippen LogP contribution in [0.15, 0.2) is 24.3 Å². The van der Waals surface area contributed by atoms with Crippen molar-refractivity contribution >= 4 is 11.6 Å². The molecule has 1 fully saturated rings. The lowest BCUT2D eigenvalue weighted by Gasteiger charge is -2.41. The van der Waals surface area contributed by atoms with Gasteiger partial charge >= 0.3 is 0 Å². The van der Waals surface area contributed by atoms with E-state index in [4.69, 9.17) is 0 Å². The van der Waals surface area contributed by atoms with Gasteiger partial charge in [0.05, 0.1) is 12.6 Å². The Labute approximate surface area is 126 Å². The number of piperidine rings is 1. The third kappa shape index (κ3) is 2.83. The topological polar surface area (TPSA) is 43.8 Å². The predicted octanol–water partition coefficient (Wildman–Crippen LogP) is 1.81. The predicted molar refractivity (Wildman–Crippen MR) is 83.4 cm³/mol. The molecule has 1 saturated heterocycles. The van der Waals surface area contributed by atoms with Crippen LogP contribution in [0, 0.1) is 0 Å². The molecule has 0 spiro atoms. The maximum Gasteiger partial charge on any atom is 0.241 e. The number of fused-ring (bicyclic) bond motifs is 1. The van der Waals surface area contributed by atoms with Gasteiger partial charge in [0.25, 0.3) is 0 Å². The van der Waals surface area contributed by atoms with E-state index in [1.807, 2.05) is 23.1 Å². The molecule has 0 aliphatic carbocycles. The molecule has 1 aromatic carbocycles. The summed E-state index contributed by atoms with van der Waals surface area (Å²) in [5.74, 6) is 0.176. The van der Waals surface area contributed by atoms with Crippen LogP contribution in [0.25, 0.3) is 0 Å². The number of carbonyl (C=O) groups is 1. The van der Waals surface area contributed by atoms with Gasteiger partial charge in [-0.05, 0) is 44.7 Å². The van der Waals surface area contributed by atoms with E-state index in [1.165, 1.54) is 5.56 Å². The summed E-state index contributed by atoms with van der Waals surface area (Å²) in [6, 6.07) is 8.67. The van der Waals surface area contributed by atoms with Crippen molar-refractivity contribution in [3.8, 4) is 0 Å². The Bertz CT molecular complexity index is 519. The summed E-state index contributed by atoms with van der Waals surface area (Å²) in [4.78, 5) is 16.8. The number of nitrogens with zero attached hydrogens (tertiary/aromatic N) is 2. The van der Waals surface area contributed by atoms with Crippen LogP contribution in [0.3, 0.4) is 0 Å². The molecule has 3 rings (SSSR count). The number of hydrogen-bond donors (Lipinski definition) is 1. The number of hydrogen-bond acceptors (Lipinski definition) is 3. The van der Waals surface area contributed by atoms with Gasteiger partial charge in [-0.2, -0.15) is 0 Å². The number of amides is 1. The van der Waals surface area contributed by atoms with Gasteiger partial charge in [-0.3, -0.25) is 9.69 Å². The fraction of sp³-hybridized carbons (Fsp3) is 0.588. The van der Waals surface area contributed by atoms with E-state index >= 15 is 0 Å². The Kier molecular flexibility index (Phi) is 4.00. The van der Waals surface area contributed by atoms with E-state index < -0.39 is 0 Å². The van der Waals surface area contributed by atoms with Crippen molar-refractivity contribution in [2.45, 2.75) is 51.3 Å². The second-order valence-corrected chi connectivity index (χ2v) is 6.42. The lowest BCUT2D eigenvalue weighted by molar-refractivity contribution is -0.122. The van der Waals surface area contributed by atoms with E-state index in [2.05, 4.69) is 24.8 Å². The summed E-state index contributed by atoms with van der Waals surface area (Å²) < 4.78 is 0. The van der Waals surface area contributed by atoms with Crippen molar-refractivity contribution in [1.29, 1.82) is 0 Å². The van der Waals surface area contributed by atoms with Crippen LogP contribution < -0.4 is 4.90 Å². The van der Waals surface area contributed by atoms with Gasteiger partial charge in [-0.15, -0.1) is 0 Å². The molecule has 4 nitrogen and oxygen atoms in total. The van der Waals surface area contributed by atoms with Crippen molar-refractivity contribution in [3.63, 3.8) is 0 Å². The Morgan fingerprint density at radius 3 is 2.62 bits per heavy atom. The van der Waals surface area contributed by atoms with E-state index in [0.29, 0.717) is 6.54 Å². The minimum Gasteiger partial charge on any atom is -0.393 e. The molecule has 2 aliphatic heterocycles. The smallest absolute Gasteiger partial charge is 0.241 e. The zero-order chi connectivity index (χ0) is 15.0. The zero-order valence-electron chi connectivity index (χ0n) is 12.8. The van der Waals surface area contributed by atoms with Crippen molar-refractivity contribution in [2.75, 3.05) is 18.0 Å². The number of aliphatic hydroxyl groups is 1. The highest BCUT2D eigenvalue weighted by Crippen LogP contribution is 2.29. The fourth-order valence-electron chi connectivity index (χ4n) is 3.74. The van der Waals surface area contributed by atoms with Crippen LogP contribution in [-0.2, 0) is 11.2 Å². The first-order valence-corrected chi connectivity index (χ1v) is 7.88. The average Bonchev–Trinajstić information content (AvgIpc) is 2.86. The molecule has 2 unspecified atom stereocenters. The fourth-order valence-corrected chi connectivity index (χ4v) is 3.74. The Balaban J connectivity index is 1.70. The highest BCUT2D eigenvalue weighted by atomic mass is 16.3. The van der Waals surface area contributed by atoms with Crippen molar-refractivity contribution in [2.24, 2.45) is 0 Å². The number of rotatable bonds is 2. The monoisotopic (exact) mass is 288 g/mol. The van der Waals surface area contributed by atoms with Crippen LogP contribution in [0.4, 0.5) is 5.69 Å². The normalized spacial score (nSPS) is 29.5. The van der Waals surface area contributed by atoms with Gasteiger partial charge in [0.2, 0.25) is 5.91 Å². The lowest BCUT2D eigenvalue weighted by atomic mass is 9.95. The van der Waals surface area contributed by atoms with E-state index in [0.717, 1.165) is 31.5 Å². The standard InChI is InChI=1S/C17H24N2O2/c1-12-9-15(20)10-13(2)19(12)11-17(21)18-8-7-14-5-3-4-6-16(14)18/h3-6,12-13,15,20H,7-11H2,1-2H3. The van der Waals surface area contributed by atoms with Gasteiger partial charge in [0, 0.05) is 24.3 Å². The molecular formula is C17H24N2O2. The minimum absolute atomic E-state index is 0.176. The summed E-state index contributed by atoms with van der Waals surface area (Å²) in [6.45, 7) is 5.44. The molecule has 21 heavy (non-hydrogen) atoms. The molecule has 1 amide bonds. The van der Waals surface area contributed by atoms with Crippen molar-refractivity contribution in [1.82, 2.24) is 4.90 Å². The summed E-state index contributed by atoms with van der Waals surface area (Å²) >= 11 is 0. The number of likely N-dealkylation sites (tertiary alicyclic amines) is 1. The highest BCUT2D eigenvalue weighted by molar-refractivity contribution is 5.96. The molecule has 114 valence electrons. The summed E-state index contributed by atoms with van der Waals surface area (Å²) in [7, 11) is 0. The molecular weight excluding hydrogens is 264 g/mol. The molecule has 2 atom stereocenters. The van der Waals surface area contributed by atoms with Gasteiger partial charge in [0.1, 0.15) is 0 Å². The second kappa shape index (κ2) is 5.78. The molecule has 0 radical (unpaired) electrons. The van der Waals surface area contributed by atoms with Crippen LogP contribution in [0.2, 0.25) is 0 Å². The molecule has 0 saturated carbocycles. The SMILES string of the molecule is CC1CC(O)CC(C)N1CC(=O)N1CCc2ccccc21. The molecule has 0 aromatic heterocycles. The highest BCUT2D eigenvalue weighted by Gasteiger charge is 2.33. The van der Waals surface area contributed by atoms with E-state index in [-0.39, 0.29) is 24.1 Å². The summed E-state index contributed by atoms with van der Waals surface area (Å²) in [5, 5.41) is 9.82. The number of carbonyl (C=O) groups excluding carboxylic acids is 1. The van der Waals surface area contributed by atoms with Gasteiger partial charge in [-0.25, -0.2) is 0 Å². The number of aliphatic hydroxyl groups excluding tert-OH is 1. The quantitative estimate of drug-likeness (QED) is 0.902. The molecule has 1 aromatic rings. The van der Waals surface area contributed by atoms with Crippen LogP contribution >= 0.6 is 0 Å². The first-order chi connectivity index (χ1) is 10.1. The first kappa shape index (κ1) is 14.5. The summed E-state index contributed by atoms with van der Waals surface area (Å²) in [6.07, 6.45) is 2.24. The maximum atomic E-state index is 12.7. The van der Waals surface area contributed by atoms with Crippen LogP contribution in [0.1, 0.15) is 32.3 Å². The molecule has 1 N–H and O–H groups in total. The number of para-hydroxylation sites is 1. The van der Waals surface area contributed by atoms with Crippen molar-refractivity contribution in [3.05, 3.63) is 29.8 Å². The second-order valence-electron chi connectivity index (χ2n) is 6.42. The van der Waals surface area contributed by atoms with Gasteiger partial charge in [0.15, 0.2) is 0 Å². The first-order valence-electron chi connectivity index (χ1n) is 7.88. The number of benzene rings is 1. The lowest BCUT2D eigenvalue weighted by Crippen LogP contribution is -2.52.